The Bertz CT molecular complexity index is 368. The monoisotopic (exact) mass is 220 g/mol. The fourth-order valence-electron chi connectivity index (χ4n) is 2.72. The van der Waals surface area contributed by atoms with E-state index in [0.717, 1.165) is 17.8 Å². The summed E-state index contributed by atoms with van der Waals surface area (Å²) in [4.78, 5) is 4.30. The fraction of sp³-hybridized carbons (Fsp3) is 0.538. The first-order chi connectivity index (χ1) is 7.51. The van der Waals surface area contributed by atoms with E-state index in [-0.39, 0.29) is 0 Å². The summed E-state index contributed by atoms with van der Waals surface area (Å²) < 4.78 is 0. The van der Waals surface area contributed by atoms with Crippen LogP contribution in [0.25, 0.3) is 0 Å². The number of aryl methyl sites for hydroxylation is 1. The van der Waals surface area contributed by atoms with E-state index < -0.39 is 5.60 Å². The molecule has 0 aliphatic carbocycles. The van der Waals surface area contributed by atoms with Gasteiger partial charge < -0.3 is 5.11 Å². The van der Waals surface area contributed by atoms with Gasteiger partial charge in [-0.2, -0.15) is 0 Å². The van der Waals surface area contributed by atoms with Gasteiger partial charge >= 0.3 is 0 Å². The second-order valence-electron chi connectivity index (χ2n) is 5.02. The zero-order valence-corrected chi connectivity index (χ0v) is 10.3. The van der Waals surface area contributed by atoms with Crippen molar-refractivity contribution in [1.29, 1.82) is 0 Å². The number of rotatable bonds is 1. The smallest absolute Gasteiger partial charge is 0.115 e. The van der Waals surface area contributed by atoms with Crippen LogP contribution in [0.4, 0.5) is 0 Å². The van der Waals surface area contributed by atoms with Crippen molar-refractivity contribution in [2.24, 2.45) is 0 Å². The highest BCUT2D eigenvalue weighted by Gasteiger charge is 2.36. The van der Waals surface area contributed by atoms with Crippen molar-refractivity contribution in [3.8, 4) is 0 Å². The van der Waals surface area contributed by atoms with Crippen molar-refractivity contribution in [3.05, 3.63) is 35.4 Å². The highest BCUT2D eigenvalue weighted by atomic mass is 16.3. The number of benzene rings is 1. The van der Waals surface area contributed by atoms with E-state index in [1.54, 1.807) is 0 Å². The van der Waals surface area contributed by atoms with Gasteiger partial charge in [0.25, 0.3) is 0 Å². The lowest BCUT2D eigenvalue weighted by Gasteiger charge is -2.43. The van der Waals surface area contributed by atoms with Crippen LogP contribution >= 0.6 is 0 Å². The summed E-state index contributed by atoms with van der Waals surface area (Å²) in [5.74, 6) is 0. The first kappa shape index (κ1) is 11.6. The van der Waals surface area contributed by atoms with Gasteiger partial charge in [0.2, 0.25) is 0 Å². The van der Waals surface area contributed by atoms with E-state index in [4.69, 9.17) is 0 Å². The Morgan fingerprint density at radius 2 is 1.69 bits per heavy atom. The summed E-state index contributed by atoms with van der Waals surface area (Å²) in [5, 5.41) is 10.8. The highest BCUT2D eigenvalue weighted by Crippen LogP contribution is 2.28. The minimum atomic E-state index is -0.743. The number of likely N-dealkylation sites (N-methyl/N-ethyl adjacent to an activating group) is 2. The van der Waals surface area contributed by atoms with Crippen LogP contribution in [0.3, 0.4) is 0 Å². The summed E-state index contributed by atoms with van der Waals surface area (Å²) in [6, 6.07) is 8.09. The molecular formula is C13H20N2O. The summed E-state index contributed by atoms with van der Waals surface area (Å²) in [6.07, 6.45) is 0. The average Bonchev–Trinajstić information content (AvgIpc) is 2.15. The largest absolute Gasteiger partial charge is 0.382 e. The number of hydrogen-bond donors (Lipinski definition) is 1. The molecule has 1 aromatic rings. The van der Waals surface area contributed by atoms with Crippen LogP contribution in [0.1, 0.15) is 11.1 Å². The Morgan fingerprint density at radius 1 is 1.12 bits per heavy atom. The zero-order valence-electron chi connectivity index (χ0n) is 10.3. The quantitative estimate of drug-likeness (QED) is 0.765. The molecule has 2 rings (SSSR count). The molecule has 1 heterocycles. The van der Waals surface area contributed by atoms with Gasteiger partial charge in [-0.15, -0.1) is 0 Å². The average molecular weight is 220 g/mol. The molecule has 16 heavy (non-hydrogen) atoms. The predicted molar refractivity (Wildman–Crippen MR) is 65.2 cm³/mol. The molecule has 0 saturated carbocycles. The molecule has 0 radical (unpaired) electrons. The molecule has 1 aliphatic rings. The van der Waals surface area contributed by atoms with Gasteiger partial charge in [-0.3, -0.25) is 9.80 Å². The molecule has 1 saturated heterocycles. The van der Waals surface area contributed by atoms with E-state index in [1.807, 2.05) is 32.3 Å². The van der Waals surface area contributed by atoms with Crippen LogP contribution in [0.5, 0.6) is 0 Å². The zero-order chi connectivity index (χ0) is 11.8. The molecule has 0 unspecified atom stereocenters. The van der Waals surface area contributed by atoms with Crippen molar-refractivity contribution in [2.45, 2.75) is 12.5 Å². The third kappa shape index (κ3) is 2.12. The fourth-order valence-corrected chi connectivity index (χ4v) is 2.72. The second-order valence-corrected chi connectivity index (χ2v) is 5.02. The Kier molecular flexibility index (Phi) is 3.02. The van der Waals surface area contributed by atoms with Gasteiger partial charge in [-0.05, 0) is 32.1 Å². The van der Waals surface area contributed by atoms with E-state index >= 15 is 0 Å². The van der Waals surface area contributed by atoms with Gasteiger partial charge in [-0.25, -0.2) is 0 Å². The van der Waals surface area contributed by atoms with E-state index in [2.05, 4.69) is 22.8 Å². The van der Waals surface area contributed by atoms with Gasteiger partial charge in [-0.1, -0.05) is 24.3 Å². The molecule has 3 heteroatoms. The van der Waals surface area contributed by atoms with Gasteiger partial charge in [0.15, 0.2) is 0 Å². The third-order valence-corrected chi connectivity index (χ3v) is 3.19. The Balaban J connectivity index is 2.34. The molecule has 1 aromatic carbocycles. The van der Waals surface area contributed by atoms with Crippen molar-refractivity contribution in [1.82, 2.24) is 9.80 Å². The van der Waals surface area contributed by atoms with E-state index in [0.29, 0.717) is 13.1 Å². The number of β-amino-alcohol motifs (C(OH)–C–C–N with tert-alkyl or cyclic N) is 1. The lowest BCUT2D eigenvalue weighted by Crippen LogP contribution is -2.55. The molecule has 1 aliphatic heterocycles. The maximum atomic E-state index is 10.8. The Morgan fingerprint density at radius 3 is 2.25 bits per heavy atom. The first-order valence-corrected chi connectivity index (χ1v) is 5.67. The van der Waals surface area contributed by atoms with Crippen LogP contribution in [0.15, 0.2) is 24.3 Å². The predicted octanol–water partition coefficient (Wildman–Crippen LogP) is 1.02. The van der Waals surface area contributed by atoms with Crippen LogP contribution in [-0.2, 0) is 5.60 Å². The lowest BCUT2D eigenvalue weighted by molar-refractivity contribution is -0.0707. The molecule has 1 N–H and O–H groups in total. The van der Waals surface area contributed by atoms with E-state index in [1.165, 1.54) is 0 Å². The number of aliphatic hydroxyl groups is 1. The first-order valence-electron chi connectivity index (χ1n) is 5.67. The Labute approximate surface area is 97.3 Å². The molecule has 0 bridgehead atoms. The summed E-state index contributed by atoms with van der Waals surface area (Å²) in [5.41, 5.74) is 1.47. The highest BCUT2D eigenvalue weighted by molar-refractivity contribution is 5.32. The topological polar surface area (TPSA) is 26.7 Å². The molecule has 1 fully saturated rings. The molecule has 88 valence electrons. The summed E-state index contributed by atoms with van der Waals surface area (Å²) in [6.45, 7) is 4.36. The van der Waals surface area contributed by atoms with Crippen molar-refractivity contribution < 1.29 is 5.11 Å². The van der Waals surface area contributed by atoms with E-state index in [9.17, 15) is 5.11 Å². The molecular weight excluding hydrogens is 200 g/mol. The maximum absolute atomic E-state index is 10.8. The standard InChI is InChI=1S/C13H20N2O/c1-11-6-4-5-7-12(11)13(16)8-14(2)10-15(3)9-13/h4-7,16H,8-10H2,1-3H3. The lowest BCUT2D eigenvalue weighted by atomic mass is 9.88. The van der Waals surface area contributed by atoms with Crippen LogP contribution in [-0.4, -0.2) is 48.8 Å². The summed E-state index contributed by atoms with van der Waals surface area (Å²) in [7, 11) is 4.08. The second kappa shape index (κ2) is 4.17. The van der Waals surface area contributed by atoms with Crippen LogP contribution < -0.4 is 0 Å². The van der Waals surface area contributed by atoms with Gasteiger partial charge in [0.05, 0.1) is 6.67 Å². The molecule has 3 nitrogen and oxygen atoms in total. The number of hydrogen-bond acceptors (Lipinski definition) is 3. The number of nitrogens with zero attached hydrogens (tertiary/aromatic N) is 2. The van der Waals surface area contributed by atoms with Gasteiger partial charge in [0, 0.05) is 13.1 Å². The Hall–Kier alpha value is -0.900. The van der Waals surface area contributed by atoms with Crippen LogP contribution in [0, 0.1) is 6.92 Å². The SMILES string of the molecule is Cc1ccccc1C1(O)CN(C)CN(C)C1. The summed E-state index contributed by atoms with van der Waals surface area (Å²) >= 11 is 0. The van der Waals surface area contributed by atoms with Crippen molar-refractivity contribution >= 4 is 0 Å². The normalized spacial score (nSPS) is 22.2. The van der Waals surface area contributed by atoms with Gasteiger partial charge in [0.1, 0.15) is 5.60 Å². The molecule has 0 aromatic heterocycles. The molecule has 0 spiro atoms. The van der Waals surface area contributed by atoms with Crippen molar-refractivity contribution in [2.75, 3.05) is 33.9 Å². The van der Waals surface area contributed by atoms with Crippen LogP contribution in [0.2, 0.25) is 0 Å². The molecule has 0 amide bonds. The minimum absolute atomic E-state index is 0.697. The minimum Gasteiger partial charge on any atom is -0.382 e. The molecule has 0 atom stereocenters. The van der Waals surface area contributed by atoms with Crippen molar-refractivity contribution in [3.63, 3.8) is 0 Å². The maximum Gasteiger partial charge on any atom is 0.115 e. The third-order valence-electron chi connectivity index (χ3n) is 3.19.